The normalized spacial score (nSPS) is 9.67. The zero-order chi connectivity index (χ0) is 11.1. The molecule has 0 heterocycles. The highest BCUT2D eigenvalue weighted by Crippen LogP contribution is 2.16. The minimum absolute atomic E-state index is 0.128. The zero-order valence-electron chi connectivity index (χ0n) is 8.43. The fourth-order valence-corrected chi connectivity index (χ4v) is 1.70. The van der Waals surface area contributed by atoms with Crippen LogP contribution in [0, 0.1) is 0 Å². The van der Waals surface area contributed by atoms with Gasteiger partial charge in [0.25, 0.3) is 0 Å². The van der Waals surface area contributed by atoms with Crippen LogP contribution >= 0.6 is 11.8 Å². The Bertz CT molecular complexity index is 335. The van der Waals surface area contributed by atoms with E-state index in [1.165, 1.54) is 11.8 Å². The molecule has 3 nitrogen and oxygen atoms in total. The average Bonchev–Trinajstić information content (AvgIpc) is 2.27. The smallest absolute Gasteiger partial charge is 0.375 e. The lowest BCUT2D eigenvalue weighted by Crippen LogP contribution is -2.19. The minimum Gasteiger partial charge on any atom is -0.460 e. The molecule has 4 heteroatoms. The zero-order valence-corrected chi connectivity index (χ0v) is 9.25. The van der Waals surface area contributed by atoms with E-state index in [9.17, 15) is 9.59 Å². The molecular formula is C11H12O3S. The van der Waals surface area contributed by atoms with Gasteiger partial charge in [-0.1, -0.05) is 18.2 Å². The van der Waals surface area contributed by atoms with Crippen LogP contribution in [0.15, 0.2) is 35.2 Å². The monoisotopic (exact) mass is 224 g/mol. The van der Waals surface area contributed by atoms with Crippen molar-refractivity contribution in [3.8, 4) is 0 Å². The molecule has 0 radical (unpaired) electrons. The lowest BCUT2D eigenvalue weighted by molar-refractivity contribution is -0.152. The van der Waals surface area contributed by atoms with Gasteiger partial charge in [-0.3, -0.25) is 4.79 Å². The van der Waals surface area contributed by atoms with Gasteiger partial charge in [-0.2, -0.15) is 0 Å². The van der Waals surface area contributed by atoms with Gasteiger partial charge in [0.15, 0.2) is 0 Å². The van der Waals surface area contributed by atoms with Crippen molar-refractivity contribution in [1.29, 1.82) is 0 Å². The number of thioether (sulfide) groups is 1. The molecule has 1 rings (SSSR count). The van der Waals surface area contributed by atoms with Gasteiger partial charge in [0, 0.05) is 4.90 Å². The number of ether oxygens (including phenoxy) is 1. The van der Waals surface area contributed by atoms with E-state index in [2.05, 4.69) is 4.74 Å². The molecule has 80 valence electrons. The SMILES string of the molecule is CCOC(=O)C(=O)CSc1ccccc1. The first-order valence-electron chi connectivity index (χ1n) is 4.62. The number of rotatable bonds is 5. The van der Waals surface area contributed by atoms with Crippen molar-refractivity contribution in [2.45, 2.75) is 11.8 Å². The molecule has 0 saturated heterocycles. The molecule has 0 saturated carbocycles. The van der Waals surface area contributed by atoms with E-state index in [1.54, 1.807) is 6.92 Å². The lowest BCUT2D eigenvalue weighted by atomic mass is 10.4. The Morgan fingerprint density at radius 2 is 1.93 bits per heavy atom. The van der Waals surface area contributed by atoms with E-state index in [0.717, 1.165) is 4.90 Å². The molecule has 0 atom stereocenters. The summed E-state index contributed by atoms with van der Waals surface area (Å²) < 4.78 is 4.59. The number of benzene rings is 1. The third-order valence-corrected chi connectivity index (χ3v) is 2.63. The Balaban J connectivity index is 2.38. The average molecular weight is 224 g/mol. The maximum absolute atomic E-state index is 11.2. The molecule has 15 heavy (non-hydrogen) atoms. The second kappa shape index (κ2) is 6.24. The maximum Gasteiger partial charge on any atom is 0.375 e. The first kappa shape index (κ1) is 11.8. The number of esters is 1. The quantitative estimate of drug-likeness (QED) is 0.435. The van der Waals surface area contributed by atoms with Crippen molar-refractivity contribution in [3.63, 3.8) is 0 Å². The molecule has 1 aromatic carbocycles. The molecule has 0 aliphatic rings. The van der Waals surface area contributed by atoms with Crippen molar-refractivity contribution in [3.05, 3.63) is 30.3 Å². The number of hydrogen-bond acceptors (Lipinski definition) is 4. The molecule has 0 aliphatic carbocycles. The van der Waals surface area contributed by atoms with E-state index < -0.39 is 11.8 Å². The second-order valence-corrected chi connectivity index (χ2v) is 3.79. The van der Waals surface area contributed by atoms with Gasteiger partial charge in [-0.15, -0.1) is 11.8 Å². The molecule has 1 aromatic rings. The standard InChI is InChI=1S/C11H12O3S/c1-2-14-11(13)10(12)8-15-9-6-4-3-5-7-9/h3-7H,2,8H2,1H3. The van der Waals surface area contributed by atoms with Crippen molar-refractivity contribution in [1.82, 2.24) is 0 Å². The first-order chi connectivity index (χ1) is 7.24. The van der Waals surface area contributed by atoms with E-state index in [-0.39, 0.29) is 12.4 Å². The van der Waals surface area contributed by atoms with Crippen LogP contribution in [0.3, 0.4) is 0 Å². The molecule has 0 unspecified atom stereocenters. The van der Waals surface area contributed by atoms with Gasteiger partial charge < -0.3 is 4.74 Å². The molecule has 0 amide bonds. The Labute approximate surface area is 92.8 Å². The molecule has 0 spiro atoms. The number of carbonyl (C=O) groups is 2. The van der Waals surface area contributed by atoms with Crippen LogP contribution in [-0.2, 0) is 14.3 Å². The Morgan fingerprint density at radius 1 is 1.27 bits per heavy atom. The summed E-state index contributed by atoms with van der Waals surface area (Å²) in [5.74, 6) is -1.12. The van der Waals surface area contributed by atoms with Crippen LogP contribution < -0.4 is 0 Å². The van der Waals surface area contributed by atoms with E-state index in [4.69, 9.17) is 0 Å². The largest absolute Gasteiger partial charge is 0.460 e. The highest BCUT2D eigenvalue weighted by Gasteiger charge is 2.14. The summed E-state index contributed by atoms with van der Waals surface area (Å²) in [5, 5.41) is 0. The van der Waals surface area contributed by atoms with Crippen LogP contribution in [0.4, 0.5) is 0 Å². The summed E-state index contributed by atoms with van der Waals surface area (Å²) in [6.07, 6.45) is 0. The lowest BCUT2D eigenvalue weighted by Gasteiger charge is -2.00. The summed E-state index contributed by atoms with van der Waals surface area (Å²) in [4.78, 5) is 23.2. The summed E-state index contributed by atoms with van der Waals surface area (Å²) in [6, 6.07) is 9.46. The van der Waals surface area contributed by atoms with Gasteiger partial charge in [-0.25, -0.2) is 4.79 Å². The van der Waals surface area contributed by atoms with Crippen LogP contribution in [-0.4, -0.2) is 24.1 Å². The number of ketones is 1. The summed E-state index contributed by atoms with van der Waals surface area (Å²) in [6.45, 7) is 1.91. The van der Waals surface area contributed by atoms with Crippen molar-refractivity contribution in [2.24, 2.45) is 0 Å². The van der Waals surface area contributed by atoms with E-state index in [0.29, 0.717) is 0 Å². The number of carbonyl (C=O) groups excluding carboxylic acids is 2. The molecular weight excluding hydrogens is 212 g/mol. The van der Waals surface area contributed by atoms with E-state index >= 15 is 0 Å². The second-order valence-electron chi connectivity index (χ2n) is 2.75. The van der Waals surface area contributed by atoms with Crippen LogP contribution in [0.1, 0.15) is 6.92 Å². The molecule has 0 aliphatic heterocycles. The fourth-order valence-electron chi connectivity index (χ4n) is 0.936. The first-order valence-corrected chi connectivity index (χ1v) is 5.60. The topological polar surface area (TPSA) is 43.4 Å². The van der Waals surface area contributed by atoms with Gasteiger partial charge in [0.05, 0.1) is 12.4 Å². The minimum atomic E-state index is -0.749. The molecule has 0 aromatic heterocycles. The highest BCUT2D eigenvalue weighted by atomic mass is 32.2. The van der Waals surface area contributed by atoms with Crippen molar-refractivity contribution >= 4 is 23.5 Å². The van der Waals surface area contributed by atoms with Crippen LogP contribution in [0.5, 0.6) is 0 Å². The van der Waals surface area contributed by atoms with Gasteiger partial charge >= 0.3 is 5.97 Å². The maximum atomic E-state index is 11.2. The number of Topliss-reactive ketones (excluding diaryl/α,β-unsaturated/α-hetero) is 1. The summed E-state index contributed by atoms with van der Waals surface area (Å²) in [5.41, 5.74) is 0. The molecule has 0 N–H and O–H groups in total. The Morgan fingerprint density at radius 3 is 2.53 bits per heavy atom. The fraction of sp³-hybridized carbons (Fsp3) is 0.273. The van der Waals surface area contributed by atoms with Gasteiger partial charge in [0.1, 0.15) is 0 Å². The summed E-state index contributed by atoms with van der Waals surface area (Å²) in [7, 11) is 0. The summed E-state index contributed by atoms with van der Waals surface area (Å²) >= 11 is 1.33. The molecule has 0 bridgehead atoms. The third-order valence-electron chi connectivity index (χ3n) is 1.62. The van der Waals surface area contributed by atoms with Crippen molar-refractivity contribution in [2.75, 3.05) is 12.4 Å². The Kier molecular flexibility index (Phi) is 4.90. The number of hydrogen-bond donors (Lipinski definition) is 0. The van der Waals surface area contributed by atoms with Crippen LogP contribution in [0.25, 0.3) is 0 Å². The van der Waals surface area contributed by atoms with E-state index in [1.807, 2.05) is 30.3 Å². The van der Waals surface area contributed by atoms with Gasteiger partial charge in [-0.05, 0) is 19.1 Å². The Hall–Kier alpha value is -1.29. The van der Waals surface area contributed by atoms with Crippen LogP contribution in [0.2, 0.25) is 0 Å². The van der Waals surface area contributed by atoms with Gasteiger partial charge in [0.2, 0.25) is 5.78 Å². The van der Waals surface area contributed by atoms with Crippen molar-refractivity contribution < 1.29 is 14.3 Å². The molecule has 0 fully saturated rings. The predicted octanol–water partition coefficient (Wildman–Crippen LogP) is 1.91. The predicted molar refractivity (Wildman–Crippen MR) is 58.8 cm³/mol. The highest BCUT2D eigenvalue weighted by molar-refractivity contribution is 8.00. The third kappa shape index (κ3) is 4.16.